The highest BCUT2D eigenvalue weighted by Crippen LogP contribution is 2.39. The van der Waals surface area contributed by atoms with Gasteiger partial charge < -0.3 is 14.9 Å². The average Bonchev–Trinajstić information content (AvgIpc) is 2.38. The Kier molecular flexibility index (Phi) is 3.88. The largest absolute Gasteiger partial charge is 0.497 e. The zero-order valence-corrected chi connectivity index (χ0v) is 10.5. The summed E-state index contributed by atoms with van der Waals surface area (Å²) in [6.45, 7) is 0. The van der Waals surface area contributed by atoms with Crippen molar-refractivity contribution in [2.45, 2.75) is 43.8 Å². The summed E-state index contributed by atoms with van der Waals surface area (Å²) in [6, 6.07) is 4.30. The van der Waals surface area contributed by atoms with Crippen LogP contribution in [-0.4, -0.2) is 22.9 Å². The summed E-state index contributed by atoms with van der Waals surface area (Å²) in [5, 5.41) is 20.6. The first-order chi connectivity index (χ1) is 8.57. The lowest BCUT2D eigenvalue weighted by atomic mass is 9.78. The fraction of sp³-hybridized carbons (Fsp3) is 0.571. The summed E-state index contributed by atoms with van der Waals surface area (Å²) in [5.41, 5.74) is -1.06. The second-order valence-corrected chi connectivity index (χ2v) is 4.95. The van der Waals surface area contributed by atoms with Gasteiger partial charge in [0.05, 0.1) is 12.7 Å². The van der Waals surface area contributed by atoms with Gasteiger partial charge in [-0.2, -0.15) is 0 Å². The van der Waals surface area contributed by atoms with Crippen LogP contribution in [0.4, 0.5) is 4.39 Å². The molecule has 2 rings (SSSR count). The number of halogens is 1. The highest BCUT2D eigenvalue weighted by atomic mass is 19.1. The molecule has 4 heteroatoms. The van der Waals surface area contributed by atoms with Crippen molar-refractivity contribution in [2.24, 2.45) is 0 Å². The molecule has 1 aromatic rings. The van der Waals surface area contributed by atoms with Crippen molar-refractivity contribution in [1.29, 1.82) is 0 Å². The maximum Gasteiger partial charge on any atom is 0.132 e. The van der Waals surface area contributed by atoms with Crippen molar-refractivity contribution in [3.8, 4) is 5.75 Å². The number of aliphatic hydroxyl groups is 2. The Morgan fingerprint density at radius 2 is 1.94 bits per heavy atom. The monoisotopic (exact) mass is 254 g/mol. The van der Waals surface area contributed by atoms with Gasteiger partial charge in [-0.25, -0.2) is 4.39 Å². The topological polar surface area (TPSA) is 49.7 Å². The van der Waals surface area contributed by atoms with E-state index in [0.717, 1.165) is 19.3 Å². The average molecular weight is 254 g/mol. The highest BCUT2D eigenvalue weighted by molar-refractivity contribution is 5.31. The summed E-state index contributed by atoms with van der Waals surface area (Å²) in [5.74, 6) is -0.139. The number of methoxy groups -OCH3 is 1. The van der Waals surface area contributed by atoms with Crippen molar-refractivity contribution < 1.29 is 19.3 Å². The molecule has 1 fully saturated rings. The van der Waals surface area contributed by atoms with Gasteiger partial charge in [-0.3, -0.25) is 0 Å². The molecule has 1 aliphatic rings. The van der Waals surface area contributed by atoms with Crippen LogP contribution in [0.15, 0.2) is 18.2 Å². The maximum atomic E-state index is 13.9. The molecule has 1 unspecified atom stereocenters. The van der Waals surface area contributed by atoms with E-state index in [-0.39, 0.29) is 5.56 Å². The molecule has 18 heavy (non-hydrogen) atoms. The molecule has 0 heterocycles. The molecule has 2 N–H and O–H groups in total. The normalized spacial score (nSPS) is 20.4. The van der Waals surface area contributed by atoms with Crippen LogP contribution in [0, 0.1) is 5.82 Å². The lowest BCUT2D eigenvalue weighted by Crippen LogP contribution is -2.38. The van der Waals surface area contributed by atoms with Crippen LogP contribution in [0.2, 0.25) is 0 Å². The van der Waals surface area contributed by atoms with Gasteiger partial charge in [0.1, 0.15) is 17.7 Å². The standard InChI is InChI=1S/C14H19FO3/c1-18-10-5-6-11(12(15)9-10)13(16)14(17)7-3-2-4-8-14/h5-6,9,13,16-17H,2-4,7-8H2,1H3. The molecule has 100 valence electrons. The number of hydrogen-bond acceptors (Lipinski definition) is 3. The molecular formula is C14H19FO3. The van der Waals surface area contributed by atoms with Gasteiger partial charge in [0.15, 0.2) is 0 Å². The van der Waals surface area contributed by atoms with Gasteiger partial charge in [-0.15, -0.1) is 0 Å². The van der Waals surface area contributed by atoms with Crippen molar-refractivity contribution in [3.05, 3.63) is 29.6 Å². The first kappa shape index (κ1) is 13.3. The van der Waals surface area contributed by atoms with E-state index in [9.17, 15) is 14.6 Å². The minimum absolute atomic E-state index is 0.139. The molecule has 0 saturated heterocycles. The Labute approximate surface area is 106 Å². The molecule has 0 aliphatic heterocycles. The Hall–Kier alpha value is -1.13. The van der Waals surface area contributed by atoms with Crippen molar-refractivity contribution >= 4 is 0 Å². The van der Waals surface area contributed by atoms with Gasteiger partial charge in [-0.1, -0.05) is 19.3 Å². The van der Waals surface area contributed by atoms with Crippen LogP contribution >= 0.6 is 0 Å². The molecule has 0 bridgehead atoms. The first-order valence-electron chi connectivity index (χ1n) is 6.31. The quantitative estimate of drug-likeness (QED) is 0.871. The van der Waals surface area contributed by atoms with E-state index < -0.39 is 17.5 Å². The second-order valence-electron chi connectivity index (χ2n) is 4.95. The van der Waals surface area contributed by atoms with Gasteiger partial charge in [-0.05, 0) is 25.0 Å². The Morgan fingerprint density at radius 1 is 1.28 bits per heavy atom. The fourth-order valence-corrected chi connectivity index (χ4v) is 2.58. The summed E-state index contributed by atoms with van der Waals surface area (Å²) < 4.78 is 18.8. The third kappa shape index (κ3) is 2.49. The molecule has 0 aromatic heterocycles. The van der Waals surface area contributed by atoms with E-state index >= 15 is 0 Å². The van der Waals surface area contributed by atoms with Crippen LogP contribution < -0.4 is 4.74 Å². The molecule has 0 amide bonds. The summed E-state index contributed by atoms with van der Waals surface area (Å²) in [7, 11) is 1.46. The predicted octanol–water partition coefficient (Wildman–Crippen LogP) is 2.56. The molecule has 0 spiro atoms. The van der Waals surface area contributed by atoms with Crippen molar-refractivity contribution in [2.75, 3.05) is 7.11 Å². The van der Waals surface area contributed by atoms with Crippen molar-refractivity contribution in [1.82, 2.24) is 0 Å². The first-order valence-corrected chi connectivity index (χ1v) is 6.31. The number of rotatable bonds is 3. The molecule has 1 aliphatic carbocycles. The molecule has 1 saturated carbocycles. The Balaban J connectivity index is 2.24. The van der Waals surface area contributed by atoms with Gasteiger partial charge in [0, 0.05) is 11.6 Å². The number of aliphatic hydroxyl groups excluding tert-OH is 1. The Morgan fingerprint density at radius 3 is 2.50 bits per heavy atom. The predicted molar refractivity (Wildman–Crippen MR) is 65.9 cm³/mol. The van der Waals surface area contributed by atoms with Gasteiger partial charge in [0.2, 0.25) is 0 Å². The lowest BCUT2D eigenvalue weighted by molar-refractivity contribution is -0.100. The van der Waals surface area contributed by atoms with E-state index in [4.69, 9.17) is 4.74 Å². The zero-order chi connectivity index (χ0) is 13.2. The van der Waals surface area contributed by atoms with Crippen LogP contribution in [0.5, 0.6) is 5.75 Å². The summed E-state index contributed by atoms with van der Waals surface area (Å²) in [4.78, 5) is 0. The zero-order valence-electron chi connectivity index (χ0n) is 10.5. The number of benzene rings is 1. The Bertz CT molecular complexity index is 414. The van der Waals surface area contributed by atoms with E-state index in [0.29, 0.717) is 18.6 Å². The number of hydrogen-bond donors (Lipinski definition) is 2. The SMILES string of the molecule is COc1ccc(C(O)C2(O)CCCCC2)c(F)c1. The van der Waals surface area contributed by atoms with Crippen LogP contribution in [0.3, 0.4) is 0 Å². The molecular weight excluding hydrogens is 235 g/mol. The minimum atomic E-state index is -1.20. The molecule has 1 aromatic carbocycles. The van der Waals surface area contributed by atoms with Crippen LogP contribution in [0.25, 0.3) is 0 Å². The van der Waals surface area contributed by atoms with E-state index in [1.165, 1.54) is 19.2 Å². The fourth-order valence-electron chi connectivity index (χ4n) is 2.58. The lowest BCUT2D eigenvalue weighted by Gasteiger charge is -2.36. The molecule has 0 radical (unpaired) electrons. The van der Waals surface area contributed by atoms with Crippen molar-refractivity contribution in [3.63, 3.8) is 0 Å². The van der Waals surface area contributed by atoms with E-state index in [1.807, 2.05) is 0 Å². The molecule has 3 nitrogen and oxygen atoms in total. The second kappa shape index (κ2) is 5.24. The van der Waals surface area contributed by atoms with E-state index in [1.54, 1.807) is 6.07 Å². The third-order valence-corrected chi connectivity index (χ3v) is 3.73. The smallest absolute Gasteiger partial charge is 0.132 e. The minimum Gasteiger partial charge on any atom is -0.497 e. The summed E-state index contributed by atoms with van der Waals surface area (Å²) >= 11 is 0. The van der Waals surface area contributed by atoms with E-state index in [2.05, 4.69) is 0 Å². The van der Waals surface area contributed by atoms with Crippen LogP contribution in [0.1, 0.15) is 43.8 Å². The highest BCUT2D eigenvalue weighted by Gasteiger charge is 2.38. The maximum absolute atomic E-state index is 13.9. The summed E-state index contributed by atoms with van der Waals surface area (Å²) in [6.07, 6.45) is 2.64. The van der Waals surface area contributed by atoms with Gasteiger partial charge >= 0.3 is 0 Å². The third-order valence-electron chi connectivity index (χ3n) is 3.73. The number of ether oxygens (including phenoxy) is 1. The molecule has 1 atom stereocenters. The van der Waals surface area contributed by atoms with Gasteiger partial charge in [0.25, 0.3) is 0 Å². The van der Waals surface area contributed by atoms with Crippen LogP contribution in [-0.2, 0) is 0 Å².